The van der Waals surface area contributed by atoms with Crippen LogP contribution in [0.25, 0.3) is 0 Å². The van der Waals surface area contributed by atoms with Gasteiger partial charge in [-0.3, -0.25) is 4.79 Å². The molecule has 1 amide bonds. The normalized spacial score (nSPS) is 29.5. The van der Waals surface area contributed by atoms with Crippen molar-refractivity contribution in [1.29, 1.82) is 0 Å². The monoisotopic (exact) mass is 1430 g/mol. The number of nitro groups is 1. The van der Waals surface area contributed by atoms with Crippen LogP contribution in [0.5, 0.6) is 0 Å². The molecule has 72 heavy (non-hydrogen) atoms. The quantitative estimate of drug-likeness (QED) is 0.0471. The van der Waals surface area contributed by atoms with Gasteiger partial charge in [-0.2, -0.15) is 0 Å². The number of alkyl carbamates (subject to hydrolysis) is 1. The molecule has 6 N–H and O–H groups in total. The molecule has 7 rings (SSSR count). The average molecular weight is 1430 g/mol. The van der Waals surface area contributed by atoms with E-state index in [1.54, 1.807) is 69.3 Å². The number of ether oxygens (including phenoxy) is 6. The van der Waals surface area contributed by atoms with Crippen LogP contribution < -0.4 is 5.32 Å². The predicted molar refractivity (Wildman–Crippen MR) is 239 cm³/mol. The number of nitrogens with zero attached hydrogens (tertiary/aromatic N) is 3. The summed E-state index contributed by atoms with van der Waals surface area (Å²) < 4.78 is 35.6. The fourth-order valence-electron chi connectivity index (χ4n) is 10.5. The molecule has 3 fully saturated rings. The van der Waals surface area contributed by atoms with E-state index in [1.807, 2.05) is 0 Å². The molecule has 22 nitrogen and oxygen atoms in total. The number of fused-ring (bicyclic) bond motifs is 5. The Morgan fingerprint density at radius 2 is 1.61 bits per heavy atom. The number of aliphatic hydroxyl groups excluding tert-OH is 3. The fraction of sp³-hybridized carbons (Fsp3) is 0.542. The minimum Gasteiger partial charge on any atom is -0.456 e. The number of benzene rings is 2. The van der Waals surface area contributed by atoms with Crippen molar-refractivity contribution in [3.8, 4) is 0 Å². The Morgan fingerprint density at radius 1 is 0.986 bits per heavy atom. The number of aliphatic hydroxyl groups is 5. The van der Waals surface area contributed by atoms with Crippen molar-refractivity contribution in [2.24, 2.45) is 16.7 Å². The molecule has 2 aromatic carbocycles. The molecule has 1 aromatic heterocycles. The molecule has 24 heteroatoms. The molecule has 2 saturated carbocycles. The van der Waals surface area contributed by atoms with Crippen molar-refractivity contribution in [1.82, 2.24) is 14.9 Å². The minimum atomic E-state index is -2.50. The van der Waals surface area contributed by atoms with Gasteiger partial charge in [0.1, 0.15) is 72.9 Å². The largest absolute Gasteiger partial charge is 0.508 e. The van der Waals surface area contributed by atoms with Gasteiger partial charge in [-0.15, -0.1) is 0 Å². The molecule has 2 heterocycles. The van der Waals surface area contributed by atoms with Gasteiger partial charge in [0, 0.05) is 112 Å². The third-order valence-electron chi connectivity index (χ3n) is 14.1. The van der Waals surface area contributed by atoms with E-state index in [0.29, 0.717) is 0 Å². The number of hydrogen-bond donors (Lipinski definition) is 6. The number of carbonyl (C=O) groups excluding carboxylic acids is 5. The summed E-state index contributed by atoms with van der Waals surface area (Å²) in [6, 6.07) is 14.2. The molecule has 1 saturated heterocycles. The van der Waals surface area contributed by atoms with Crippen LogP contribution in [-0.2, 0) is 44.6 Å². The number of imidazole rings is 1. The number of ketones is 1. The standard InChI is InChI=1S/C48H58N4O18.2Ac/c1-25-29(67-40(58)35(55)33(26-14-10-8-11-15-26)50-42(59)70-44(2,3)4)21-48(62)38(69-39(57)27-16-12-9-13-17-27)36-46(7,37(56)34(54)32(25)45(48,5)6)30(20-31-47(36,61)24-66-31)68-43(60)65-23-28(53)22-51-19-18-49-41(51)52(63)64;;/h8-19,28-31,33-36,38,53-55,61-62H,20-24H2,1-7H3,(H,50,59);;/t28?,29?,30?,31?,33?,34?,35?,36?,38?,46-,47?,48?;;/m1../s1. The Kier molecular flexibility index (Phi) is 18.8. The zero-order valence-corrected chi connectivity index (χ0v) is 50.2. The molecule has 1 aliphatic heterocycles. The first-order chi connectivity index (χ1) is 32.7. The molecule has 11 unspecified atom stereocenters. The third kappa shape index (κ3) is 11.4. The summed E-state index contributed by atoms with van der Waals surface area (Å²) in [7, 11) is 0. The number of amides is 1. The Hall–Kier alpha value is -3.42. The molecular formula is C48H58Ac2N4O18. The van der Waals surface area contributed by atoms with E-state index in [2.05, 4.69) is 10.3 Å². The summed E-state index contributed by atoms with van der Waals surface area (Å²) in [5.41, 5.74) is -9.42. The summed E-state index contributed by atoms with van der Waals surface area (Å²) in [6.45, 7) is 8.92. The second-order valence-corrected chi connectivity index (χ2v) is 20.0. The first-order valence-electron chi connectivity index (χ1n) is 22.6. The smallest absolute Gasteiger partial charge is 0.456 e. The van der Waals surface area contributed by atoms with Crippen molar-refractivity contribution in [3.63, 3.8) is 0 Å². The summed E-state index contributed by atoms with van der Waals surface area (Å²) in [4.78, 5) is 84.7. The Morgan fingerprint density at radius 3 is 2.19 bits per heavy atom. The molecule has 2 bridgehead atoms. The van der Waals surface area contributed by atoms with Crippen molar-refractivity contribution in [3.05, 3.63) is 105 Å². The first kappa shape index (κ1) is 59.5. The summed E-state index contributed by atoms with van der Waals surface area (Å²) in [5.74, 6) is -5.73. The number of aromatic nitrogens is 2. The van der Waals surface area contributed by atoms with Gasteiger partial charge in [0.15, 0.2) is 11.9 Å². The van der Waals surface area contributed by atoms with Crippen LogP contribution in [0.3, 0.4) is 0 Å². The topological polar surface area (TPSA) is 315 Å². The van der Waals surface area contributed by atoms with Crippen LogP contribution in [0, 0.1) is 115 Å². The number of hydrogen-bond acceptors (Lipinski definition) is 19. The van der Waals surface area contributed by atoms with Gasteiger partial charge in [0.25, 0.3) is 0 Å². The Bertz CT molecular complexity index is 2540. The molecule has 3 aromatic rings. The third-order valence-corrected chi connectivity index (χ3v) is 14.1. The first-order valence-corrected chi connectivity index (χ1v) is 22.6. The maximum atomic E-state index is 15.4. The van der Waals surface area contributed by atoms with Crippen LogP contribution >= 0.6 is 0 Å². The zero-order chi connectivity index (χ0) is 51.3. The summed E-state index contributed by atoms with van der Waals surface area (Å²) in [5, 5.41) is 75.0. The van der Waals surface area contributed by atoms with Crippen molar-refractivity contribution in [2.75, 3.05) is 13.2 Å². The zero-order valence-electron chi connectivity index (χ0n) is 40.7. The van der Waals surface area contributed by atoms with E-state index >= 15 is 4.79 Å². The van der Waals surface area contributed by atoms with Crippen LogP contribution in [-0.4, -0.2) is 143 Å². The van der Waals surface area contributed by atoms with Gasteiger partial charge < -0.3 is 69.4 Å². The number of nitrogens with one attached hydrogen (secondary N) is 1. The van der Waals surface area contributed by atoms with E-state index in [-0.39, 0.29) is 117 Å². The van der Waals surface area contributed by atoms with Crippen LogP contribution in [0.15, 0.2) is 84.2 Å². The van der Waals surface area contributed by atoms with Gasteiger partial charge in [0.05, 0.1) is 29.7 Å². The van der Waals surface area contributed by atoms with Crippen LogP contribution in [0.2, 0.25) is 0 Å². The van der Waals surface area contributed by atoms with Gasteiger partial charge in [-0.05, 0) is 68.4 Å². The summed E-state index contributed by atoms with van der Waals surface area (Å²) >= 11 is 0. The maximum absolute atomic E-state index is 15.4. The molecule has 0 spiro atoms. The number of rotatable bonds is 13. The van der Waals surface area contributed by atoms with E-state index < -0.39 is 149 Å². The van der Waals surface area contributed by atoms with E-state index in [4.69, 9.17) is 28.4 Å². The van der Waals surface area contributed by atoms with Gasteiger partial charge in [-0.25, -0.2) is 23.7 Å². The average Bonchev–Trinajstić information content (AvgIpc) is 3.77. The summed E-state index contributed by atoms with van der Waals surface area (Å²) in [6.07, 6.45) is -13.3. The molecular weight excluding hydrogens is 1370 g/mol. The Balaban J connectivity index is 0.00000481. The number of esters is 2. The molecule has 12 atom stereocenters. The molecule has 3 aliphatic carbocycles. The van der Waals surface area contributed by atoms with Crippen LogP contribution in [0.1, 0.15) is 83.3 Å². The van der Waals surface area contributed by atoms with Crippen LogP contribution in [0.4, 0.5) is 15.5 Å². The number of Topliss-reactive ketones (excluding diaryl/α,β-unsaturated/α-hetero) is 1. The van der Waals surface area contributed by atoms with Gasteiger partial charge in [0.2, 0.25) is 0 Å². The number of carbonyl (C=O) groups is 5. The predicted octanol–water partition coefficient (Wildman–Crippen LogP) is 3.02. The van der Waals surface area contributed by atoms with E-state index in [0.717, 1.165) is 10.8 Å². The Labute approximate surface area is 485 Å². The van der Waals surface area contributed by atoms with E-state index in [1.165, 1.54) is 46.0 Å². The van der Waals surface area contributed by atoms with Crippen molar-refractivity contribution < 1.29 is 171 Å². The molecule has 384 valence electrons. The van der Waals surface area contributed by atoms with Gasteiger partial charge in [-0.1, -0.05) is 67.4 Å². The second-order valence-electron chi connectivity index (χ2n) is 20.0. The van der Waals surface area contributed by atoms with E-state index in [9.17, 15) is 54.8 Å². The van der Waals surface area contributed by atoms with Gasteiger partial charge >= 0.3 is 30.1 Å². The van der Waals surface area contributed by atoms with Crippen molar-refractivity contribution >= 4 is 35.9 Å². The SMILES string of the molecule is CC1=C2C(O)C(=O)[C@]3(C)C(OC(=O)OCC(O)Cn4ccnc4[N+](=O)[O-])CC4OCC4(O)C3C(OC(=O)c3ccccc3)C(O)(CC1OC(=O)C(O)C(NC(=O)OC(C)(C)C)c1ccccc1)C2(C)C.[Ac].[Ac]. The maximum Gasteiger partial charge on any atom is 0.508 e. The molecule has 4 aliphatic rings. The second kappa shape index (κ2) is 22.8. The molecule has 2 radical (unpaired) electrons. The minimum absolute atomic E-state index is 0. The van der Waals surface area contributed by atoms with Crippen molar-refractivity contribution in [2.45, 2.75) is 133 Å². The fourth-order valence-corrected chi connectivity index (χ4v) is 10.5.